The molecule has 2 amide bonds. The van der Waals surface area contributed by atoms with Gasteiger partial charge in [0, 0.05) is 59.0 Å². The number of hydrogen-bond donors (Lipinski definition) is 1. The molecule has 0 spiro atoms. The van der Waals surface area contributed by atoms with E-state index in [2.05, 4.69) is 15.0 Å². The third-order valence-electron chi connectivity index (χ3n) is 8.74. The van der Waals surface area contributed by atoms with Gasteiger partial charge in [0.1, 0.15) is 40.7 Å². The quantitative estimate of drug-likeness (QED) is 0.259. The summed E-state index contributed by atoms with van der Waals surface area (Å²) in [6, 6.07) is 7.07. The number of halogens is 7. The number of carbonyl (C=O) groups is 2. The lowest BCUT2D eigenvalue weighted by Crippen LogP contribution is -2.44. The highest BCUT2D eigenvalue weighted by atomic mass is 19.4. The zero-order chi connectivity index (χ0) is 35.6. The predicted molar refractivity (Wildman–Crippen MR) is 162 cm³/mol. The molecule has 2 aromatic carbocycles. The Kier molecular flexibility index (Phi) is 10.6. The van der Waals surface area contributed by atoms with Crippen molar-refractivity contribution in [2.75, 3.05) is 38.8 Å². The number of hydrogen-bond acceptors (Lipinski definition) is 7. The maximum Gasteiger partial charge on any atom is 0.401 e. The van der Waals surface area contributed by atoms with Crippen LogP contribution in [0.1, 0.15) is 53.2 Å². The number of rotatable bonds is 10. The van der Waals surface area contributed by atoms with Gasteiger partial charge in [-0.25, -0.2) is 13.8 Å². The highest BCUT2D eigenvalue weighted by molar-refractivity contribution is 6.05. The van der Waals surface area contributed by atoms with E-state index in [0.717, 1.165) is 24.3 Å². The average Bonchev–Trinajstić information content (AvgIpc) is 3.28. The molecule has 3 heterocycles. The zero-order valence-corrected chi connectivity index (χ0v) is 26.6. The van der Waals surface area contributed by atoms with E-state index in [9.17, 15) is 31.5 Å². The summed E-state index contributed by atoms with van der Waals surface area (Å²) in [5.74, 6) is -5.21. The van der Waals surface area contributed by atoms with Crippen LogP contribution < -0.4 is 24.4 Å². The molecule has 0 saturated carbocycles. The fourth-order valence-corrected chi connectivity index (χ4v) is 6.44. The van der Waals surface area contributed by atoms with Gasteiger partial charge in [-0.15, -0.1) is 0 Å². The lowest BCUT2D eigenvalue weighted by Gasteiger charge is -2.32. The number of ether oxygens (including phenoxy) is 3. The molecular weight excluding hydrogens is 665 g/mol. The first-order valence-electron chi connectivity index (χ1n) is 15.3. The second kappa shape index (κ2) is 14.5. The Hall–Kier alpha value is -4.60. The minimum absolute atomic E-state index is 0.0476. The van der Waals surface area contributed by atoms with Gasteiger partial charge in [0.2, 0.25) is 0 Å². The summed E-state index contributed by atoms with van der Waals surface area (Å²) in [6.45, 7) is -2.26. The molecule has 9 nitrogen and oxygen atoms in total. The maximum absolute atomic E-state index is 15.6. The molecule has 49 heavy (non-hydrogen) atoms. The number of nitrogens with one attached hydrogen (secondary N) is 1. The number of alkyl halides is 5. The van der Waals surface area contributed by atoms with Crippen LogP contribution in [-0.4, -0.2) is 80.4 Å². The third kappa shape index (κ3) is 8.00. The molecule has 2 aliphatic rings. The molecule has 0 unspecified atom stereocenters. The summed E-state index contributed by atoms with van der Waals surface area (Å²) in [4.78, 5) is 34.7. The van der Waals surface area contributed by atoms with E-state index in [1.165, 1.54) is 49.1 Å². The monoisotopic (exact) mass is 698 g/mol. The van der Waals surface area contributed by atoms with E-state index in [4.69, 9.17) is 9.47 Å². The molecule has 264 valence electrons. The number of carbonyl (C=O) groups excluding carboxylic acids is 2. The van der Waals surface area contributed by atoms with Crippen LogP contribution in [0.2, 0.25) is 0 Å². The summed E-state index contributed by atoms with van der Waals surface area (Å²) in [5.41, 5.74) is -0.0816. The number of piperidine rings is 1. The summed E-state index contributed by atoms with van der Waals surface area (Å²) < 4.78 is 110. The van der Waals surface area contributed by atoms with Crippen molar-refractivity contribution in [1.29, 1.82) is 0 Å². The van der Waals surface area contributed by atoms with Crippen molar-refractivity contribution in [1.82, 2.24) is 15.2 Å². The molecule has 2 saturated heterocycles. The van der Waals surface area contributed by atoms with E-state index in [0.29, 0.717) is 18.5 Å². The second-order valence-corrected chi connectivity index (χ2v) is 11.8. The number of anilines is 1. The summed E-state index contributed by atoms with van der Waals surface area (Å²) in [6.07, 6.45) is -3.63. The molecule has 1 N–H and O–H groups in total. The van der Waals surface area contributed by atoms with Crippen LogP contribution in [0.15, 0.2) is 48.5 Å². The summed E-state index contributed by atoms with van der Waals surface area (Å²) >= 11 is 0. The van der Waals surface area contributed by atoms with Gasteiger partial charge in [-0.3, -0.25) is 19.4 Å². The van der Waals surface area contributed by atoms with E-state index in [1.54, 1.807) is 6.07 Å². The van der Waals surface area contributed by atoms with Crippen molar-refractivity contribution >= 4 is 17.6 Å². The van der Waals surface area contributed by atoms with Crippen molar-refractivity contribution in [2.45, 2.75) is 56.5 Å². The lowest BCUT2D eigenvalue weighted by molar-refractivity contribution is -0.148. The molecule has 1 aromatic heterocycles. The average molecular weight is 699 g/mol. The van der Waals surface area contributed by atoms with E-state index in [-0.39, 0.29) is 47.6 Å². The summed E-state index contributed by atoms with van der Waals surface area (Å²) in [7, 11) is 2.61. The SMILES string of the molecule is COc1cc(C2CCN(CC(F)(F)F)CC2)nc(N2C(=O)[C@@H](NC(=O)c3ccc(OC(F)F)cc3)[C@H](c3c(F)cc(OC)cc3F)[C@@H]2C)c1. The van der Waals surface area contributed by atoms with Crippen molar-refractivity contribution in [3.63, 3.8) is 0 Å². The van der Waals surface area contributed by atoms with Crippen molar-refractivity contribution in [2.24, 2.45) is 0 Å². The molecule has 0 radical (unpaired) electrons. The molecule has 0 aliphatic carbocycles. The zero-order valence-electron chi connectivity index (χ0n) is 26.6. The fourth-order valence-electron chi connectivity index (χ4n) is 6.44. The Morgan fingerprint density at radius 3 is 2.10 bits per heavy atom. The van der Waals surface area contributed by atoms with Gasteiger partial charge in [-0.1, -0.05) is 0 Å². The van der Waals surface area contributed by atoms with Crippen LogP contribution in [0, 0.1) is 11.6 Å². The van der Waals surface area contributed by atoms with Crippen LogP contribution in [0.5, 0.6) is 17.2 Å². The van der Waals surface area contributed by atoms with Crippen LogP contribution in [0.4, 0.5) is 36.6 Å². The highest BCUT2D eigenvalue weighted by Crippen LogP contribution is 2.42. The van der Waals surface area contributed by atoms with Gasteiger partial charge >= 0.3 is 12.8 Å². The molecule has 5 rings (SSSR count). The first-order valence-corrected chi connectivity index (χ1v) is 15.3. The lowest BCUT2D eigenvalue weighted by atomic mass is 9.87. The van der Waals surface area contributed by atoms with Crippen LogP contribution in [0.25, 0.3) is 0 Å². The Morgan fingerprint density at radius 1 is 0.959 bits per heavy atom. The highest BCUT2D eigenvalue weighted by Gasteiger charge is 2.51. The number of methoxy groups -OCH3 is 2. The van der Waals surface area contributed by atoms with Crippen LogP contribution in [0.3, 0.4) is 0 Å². The first kappa shape index (κ1) is 35.7. The molecular formula is C33H33F7N4O5. The number of aromatic nitrogens is 1. The normalized spacial score (nSPS) is 20.5. The molecule has 3 aromatic rings. The van der Waals surface area contributed by atoms with E-state index < -0.39 is 66.3 Å². The van der Waals surface area contributed by atoms with Gasteiger partial charge in [0.15, 0.2) is 0 Å². The van der Waals surface area contributed by atoms with Gasteiger partial charge < -0.3 is 19.5 Å². The van der Waals surface area contributed by atoms with Crippen LogP contribution >= 0.6 is 0 Å². The van der Waals surface area contributed by atoms with Crippen molar-refractivity contribution < 1.29 is 54.5 Å². The standard InChI is InChI=1S/C33H33F7N4O5/c1-17-27(28-23(34)12-21(47-2)13-24(28)35)29(42-30(45)19-4-6-20(7-5-19)49-32(36)37)31(46)44(17)26-15-22(48-3)14-25(41-26)18-8-10-43(11-9-18)16-33(38,39)40/h4-7,12-15,17-18,27,29,32H,8-11,16H2,1-3H3,(H,42,45)/t17-,27-,29-/m0/s1. The molecule has 2 aliphatic heterocycles. The van der Waals surface area contributed by atoms with Crippen molar-refractivity contribution in [3.8, 4) is 17.2 Å². The van der Waals surface area contributed by atoms with E-state index >= 15 is 8.78 Å². The number of benzene rings is 2. The van der Waals surface area contributed by atoms with Gasteiger partial charge in [-0.05, 0) is 57.1 Å². The smallest absolute Gasteiger partial charge is 0.401 e. The Balaban J connectivity index is 1.49. The Labute approximate surface area is 276 Å². The van der Waals surface area contributed by atoms with E-state index in [1.807, 2.05) is 0 Å². The third-order valence-corrected chi connectivity index (χ3v) is 8.74. The Morgan fingerprint density at radius 2 is 1.55 bits per heavy atom. The first-order chi connectivity index (χ1) is 23.2. The fraction of sp³-hybridized carbons (Fsp3) is 0.424. The minimum atomic E-state index is -4.34. The minimum Gasteiger partial charge on any atom is -0.497 e. The van der Waals surface area contributed by atoms with Gasteiger partial charge in [0.25, 0.3) is 11.8 Å². The molecule has 16 heteroatoms. The second-order valence-electron chi connectivity index (χ2n) is 11.8. The number of likely N-dealkylation sites (tertiary alicyclic amines) is 1. The Bertz CT molecular complexity index is 1640. The predicted octanol–water partition coefficient (Wildman–Crippen LogP) is 6.04. The van der Waals surface area contributed by atoms with Crippen LogP contribution in [-0.2, 0) is 4.79 Å². The number of nitrogens with zero attached hydrogens (tertiary/aromatic N) is 3. The number of amides is 2. The van der Waals surface area contributed by atoms with Gasteiger partial charge in [-0.2, -0.15) is 22.0 Å². The molecule has 3 atom stereocenters. The largest absolute Gasteiger partial charge is 0.497 e. The topological polar surface area (TPSA) is 93.2 Å². The van der Waals surface area contributed by atoms with Gasteiger partial charge in [0.05, 0.1) is 20.8 Å². The molecule has 0 bridgehead atoms. The number of pyridine rings is 1. The van der Waals surface area contributed by atoms with Crippen molar-refractivity contribution in [3.05, 3.63) is 77.0 Å². The maximum atomic E-state index is 15.6. The molecule has 2 fully saturated rings. The summed E-state index contributed by atoms with van der Waals surface area (Å²) in [5, 5.41) is 2.56.